The molecule has 2 rings (SSSR count). The summed E-state index contributed by atoms with van der Waals surface area (Å²) in [6.45, 7) is 0. The fraction of sp³-hybridized carbons (Fsp3) is 0.111. The zero-order chi connectivity index (χ0) is 9.42. The minimum Gasteiger partial charge on any atom is -0.497 e. The van der Waals surface area contributed by atoms with Gasteiger partial charge in [0.25, 0.3) is 0 Å². The SMILES string of the molecule is COc1cc(F)c2sc(N)cc2c1. The molecule has 1 aromatic carbocycles. The Kier molecular flexibility index (Phi) is 1.84. The number of hydrogen-bond donors (Lipinski definition) is 1. The molecule has 0 saturated heterocycles. The molecule has 0 fully saturated rings. The number of anilines is 1. The first kappa shape index (κ1) is 8.31. The van der Waals surface area contributed by atoms with Crippen LogP contribution in [0.15, 0.2) is 18.2 Å². The first-order valence-corrected chi connectivity index (χ1v) is 4.55. The van der Waals surface area contributed by atoms with E-state index in [1.54, 1.807) is 12.1 Å². The van der Waals surface area contributed by atoms with Crippen molar-refractivity contribution in [2.24, 2.45) is 0 Å². The van der Waals surface area contributed by atoms with E-state index in [2.05, 4.69) is 0 Å². The van der Waals surface area contributed by atoms with Gasteiger partial charge in [0.05, 0.1) is 16.8 Å². The minimum atomic E-state index is -0.281. The lowest BCUT2D eigenvalue weighted by molar-refractivity contribution is 0.412. The largest absolute Gasteiger partial charge is 0.497 e. The van der Waals surface area contributed by atoms with Gasteiger partial charge in [-0.05, 0) is 12.1 Å². The number of halogens is 1. The zero-order valence-electron chi connectivity index (χ0n) is 7.00. The molecule has 68 valence electrons. The molecule has 0 aliphatic rings. The van der Waals surface area contributed by atoms with E-state index >= 15 is 0 Å². The van der Waals surface area contributed by atoms with Gasteiger partial charge in [0.15, 0.2) is 0 Å². The van der Waals surface area contributed by atoms with Crippen LogP contribution >= 0.6 is 11.3 Å². The number of rotatable bonds is 1. The van der Waals surface area contributed by atoms with Crippen molar-refractivity contribution in [3.8, 4) is 5.75 Å². The molecule has 0 aliphatic carbocycles. The Morgan fingerprint density at radius 2 is 2.15 bits per heavy atom. The smallest absolute Gasteiger partial charge is 0.144 e. The average Bonchev–Trinajstić information content (AvgIpc) is 2.46. The predicted molar refractivity (Wildman–Crippen MR) is 52.7 cm³/mol. The summed E-state index contributed by atoms with van der Waals surface area (Å²) in [5.41, 5.74) is 5.56. The summed E-state index contributed by atoms with van der Waals surface area (Å²) in [6.07, 6.45) is 0. The first-order valence-electron chi connectivity index (χ1n) is 3.73. The van der Waals surface area contributed by atoms with Crippen LogP contribution in [0.3, 0.4) is 0 Å². The number of nitrogens with two attached hydrogens (primary N) is 1. The molecular formula is C9H8FNOS. The zero-order valence-corrected chi connectivity index (χ0v) is 7.82. The third-order valence-corrected chi connectivity index (χ3v) is 2.79. The van der Waals surface area contributed by atoms with Crippen LogP contribution in [0.2, 0.25) is 0 Å². The molecule has 0 spiro atoms. The summed E-state index contributed by atoms with van der Waals surface area (Å²) < 4.78 is 18.8. The number of benzene rings is 1. The maximum atomic E-state index is 13.3. The molecule has 0 atom stereocenters. The Bertz CT molecular complexity index is 452. The van der Waals surface area contributed by atoms with Crippen molar-refractivity contribution in [2.45, 2.75) is 0 Å². The van der Waals surface area contributed by atoms with Crippen molar-refractivity contribution in [1.82, 2.24) is 0 Å². The fourth-order valence-electron chi connectivity index (χ4n) is 1.22. The maximum absolute atomic E-state index is 13.3. The molecule has 1 heterocycles. The highest BCUT2D eigenvalue weighted by molar-refractivity contribution is 7.22. The molecule has 2 N–H and O–H groups in total. The summed E-state index contributed by atoms with van der Waals surface area (Å²) in [4.78, 5) is 0. The second-order valence-corrected chi connectivity index (χ2v) is 3.76. The average molecular weight is 197 g/mol. The van der Waals surface area contributed by atoms with Crippen LogP contribution in [0.4, 0.5) is 9.39 Å². The third kappa shape index (κ3) is 1.33. The number of methoxy groups -OCH3 is 1. The Labute approximate surface area is 78.7 Å². The van der Waals surface area contributed by atoms with E-state index in [1.165, 1.54) is 24.5 Å². The molecule has 2 nitrogen and oxygen atoms in total. The number of ether oxygens (including phenoxy) is 1. The van der Waals surface area contributed by atoms with Gasteiger partial charge in [-0.1, -0.05) is 0 Å². The Balaban J connectivity index is 2.75. The Morgan fingerprint density at radius 1 is 1.38 bits per heavy atom. The molecule has 0 unspecified atom stereocenters. The van der Waals surface area contributed by atoms with E-state index in [4.69, 9.17) is 10.5 Å². The highest BCUT2D eigenvalue weighted by Gasteiger charge is 2.06. The maximum Gasteiger partial charge on any atom is 0.144 e. The molecule has 0 bridgehead atoms. The van der Waals surface area contributed by atoms with Gasteiger partial charge in [-0.25, -0.2) is 4.39 Å². The monoisotopic (exact) mass is 197 g/mol. The minimum absolute atomic E-state index is 0.281. The van der Waals surface area contributed by atoms with E-state index < -0.39 is 0 Å². The molecule has 0 amide bonds. The van der Waals surface area contributed by atoms with Crippen molar-refractivity contribution in [1.29, 1.82) is 0 Å². The van der Waals surface area contributed by atoms with E-state index in [0.717, 1.165) is 5.39 Å². The summed E-state index contributed by atoms with van der Waals surface area (Å²) in [7, 11) is 1.51. The van der Waals surface area contributed by atoms with Crippen LogP contribution in [-0.4, -0.2) is 7.11 Å². The Morgan fingerprint density at radius 3 is 2.85 bits per heavy atom. The van der Waals surface area contributed by atoms with Crippen molar-refractivity contribution in [3.63, 3.8) is 0 Å². The van der Waals surface area contributed by atoms with Gasteiger partial charge < -0.3 is 10.5 Å². The van der Waals surface area contributed by atoms with Crippen LogP contribution in [0.5, 0.6) is 5.75 Å². The number of fused-ring (bicyclic) bond motifs is 1. The van der Waals surface area contributed by atoms with Gasteiger partial charge >= 0.3 is 0 Å². The highest BCUT2D eigenvalue weighted by Crippen LogP contribution is 2.32. The second kappa shape index (κ2) is 2.88. The van der Waals surface area contributed by atoms with Gasteiger partial charge in [0, 0.05) is 11.5 Å². The lowest BCUT2D eigenvalue weighted by Gasteiger charge is -1.99. The van der Waals surface area contributed by atoms with Crippen LogP contribution < -0.4 is 10.5 Å². The van der Waals surface area contributed by atoms with E-state index in [0.29, 0.717) is 15.5 Å². The molecule has 1 aromatic heterocycles. The molecule has 13 heavy (non-hydrogen) atoms. The summed E-state index contributed by atoms with van der Waals surface area (Å²) in [5.74, 6) is 0.235. The van der Waals surface area contributed by atoms with Crippen LogP contribution in [0, 0.1) is 5.82 Å². The second-order valence-electron chi connectivity index (χ2n) is 2.68. The van der Waals surface area contributed by atoms with Crippen LogP contribution in [0.1, 0.15) is 0 Å². The summed E-state index contributed by atoms with van der Waals surface area (Å²) in [5, 5.41) is 1.40. The molecule has 0 radical (unpaired) electrons. The molecule has 0 saturated carbocycles. The quantitative estimate of drug-likeness (QED) is 0.762. The molecule has 4 heteroatoms. The third-order valence-electron chi connectivity index (χ3n) is 1.80. The van der Waals surface area contributed by atoms with Crippen molar-refractivity contribution in [3.05, 3.63) is 24.0 Å². The summed E-state index contributed by atoms with van der Waals surface area (Å²) in [6, 6.07) is 4.87. The van der Waals surface area contributed by atoms with Crippen molar-refractivity contribution >= 4 is 26.4 Å². The lowest BCUT2D eigenvalue weighted by atomic mass is 10.2. The predicted octanol–water partition coefficient (Wildman–Crippen LogP) is 2.63. The molecule has 2 aromatic rings. The van der Waals surface area contributed by atoms with Crippen molar-refractivity contribution < 1.29 is 9.13 Å². The standard InChI is InChI=1S/C9H8FNOS/c1-12-6-2-5-3-8(11)13-9(5)7(10)4-6/h2-4H,11H2,1H3. The Hall–Kier alpha value is -1.29. The van der Waals surface area contributed by atoms with Gasteiger partial charge in [0.1, 0.15) is 11.6 Å². The van der Waals surface area contributed by atoms with Gasteiger partial charge in [-0.2, -0.15) is 0 Å². The van der Waals surface area contributed by atoms with Crippen molar-refractivity contribution in [2.75, 3.05) is 12.8 Å². The van der Waals surface area contributed by atoms with Crippen LogP contribution in [0.25, 0.3) is 10.1 Å². The number of nitrogen functional groups attached to an aromatic ring is 1. The van der Waals surface area contributed by atoms with E-state index in [-0.39, 0.29) is 5.82 Å². The highest BCUT2D eigenvalue weighted by atomic mass is 32.1. The lowest BCUT2D eigenvalue weighted by Crippen LogP contribution is -1.83. The number of hydrogen-bond acceptors (Lipinski definition) is 3. The van der Waals surface area contributed by atoms with E-state index in [1.807, 2.05) is 0 Å². The normalized spacial score (nSPS) is 10.6. The molecule has 0 aliphatic heterocycles. The first-order chi connectivity index (χ1) is 6.20. The topological polar surface area (TPSA) is 35.2 Å². The van der Waals surface area contributed by atoms with Gasteiger partial charge in [-0.3, -0.25) is 0 Å². The number of thiophene rings is 1. The van der Waals surface area contributed by atoms with Gasteiger partial charge in [-0.15, -0.1) is 11.3 Å². The fourth-order valence-corrected chi connectivity index (χ4v) is 2.04. The summed E-state index contributed by atoms with van der Waals surface area (Å²) >= 11 is 1.25. The van der Waals surface area contributed by atoms with Gasteiger partial charge in [0.2, 0.25) is 0 Å². The van der Waals surface area contributed by atoms with E-state index in [9.17, 15) is 4.39 Å². The van der Waals surface area contributed by atoms with Crippen LogP contribution in [-0.2, 0) is 0 Å². The molecular weight excluding hydrogens is 189 g/mol.